The molecule has 16 nitrogen and oxygen atoms in total. The standard InChI is InChI=1S/4C28H29Cl2FN2O2S/c29-22-3-6-24(26(30)13-22)27(28(34)35)33-15-21(25(16-33)20-9-12-36-17-20)14-32-10-7-19(8-11-32)18-1-4-23(31)5-2-18;2*29-25-6-3-20(13-26(25)30)27(28(34)35)33-15-22(24(16-33)21-9-12-36-17-21)14-32-10-7-19(8-11-32)18-1-4-23(31)5-2-18;29-25-3-1-2-23(26(25)30)27(28(34)35)33-15-21(24(16-33)20-10-13-36-17-20)14-32-11-8-19(9-12-32)18-4-6-22(31)7-5-18/h1-6,9,12-13,17,19,21,25,27H,7-8,10-11,14-16H2,(H,34,35);2*1-6,9,12-13,17,19,22,24,27H,7-8,10-11,14-16H2,(H,34,35);1-7,10,13,17,19,21,24,27H,8-9,11-12,14-16H2,(H,34,35)/t21-,25+,27?;2*22-,24+,27?;21-,24+,27?/m1111/s1. The summed E-state index contributed by atoms with van der Waals surface area (Å²) in [5.41, 5.74) is 12.4. The van der Waals surface area contributed by atoms with Gasteiger partial charge in [-0.15, -0.1) is 0 Å². The molecule has 0 saturated carbocycles. The lowest BCUT2D eigenvalue weighted by molar-refractivity contribution is -0.144. The molecule has 8 aliphatic heterocycles. The molecule has 8 fully saturated rings. The summed E-state index contributed by atoms with van der Waals surface area (Å²) in [6, 6.07) is 53.6. The molecule has 32 heteroatoms. The second-order valence-corrected chi connectivity index (χ2v) is 46.0. The van der Waals surface area contributed by atoms with E-state index in [0.29, 0.717) is 162 Å². The number of rotatable bonds is 28. The lowest BCUT2D eigenvalue weighted by Crippen LogP contribution is -2.38. The van der Waals surface area contributed by atoms with E-state index in [-0.39, 0.29) is 46.9 Å². The largest absolute Gasteiger partial charge is 0.480 e. The number of aliphatic carboxylic acids is 4. The van der Waals surface area contributed by atoms with Crippen molar-refractivity contribution >= 4 is 162 Å². The third-order valence-electron chi connectivity index (χ3n) is 30.9. The Morgan fingerprint density at radius 1 is 0.285 bits per heavy atom. The highest BCUT2D eigenvalue weighted by Gasteiger charge is 2.48. The van der Waals surface area contributed by atoms with E-state index >= 15 is 0 Å². The molecule has 760 valence electrons. The van der Waals surface area contributed by atoms with Crippen molar-refractivity contribution in [2.45, 2.75) is 123 Å². The highest BCUT2D eigenvalue weighted by Crippen LogP contribution is 2.49. The summed E-state index contributed by atoms with van der Waals surface area (Å²) in [6.45, 7) is 17.1. The predicted octanol–water partition coefficient (Wildman–Crippen LogP) is 27.7. The molecule has 0 amide bonds. The SMILES string of the molecule is O=C(O)C(c1ccc(Cl)c(Cl)c1)N1C[C@@H](CN2CCC(c3ccc(F)cc3)CC2)[C@H](c2ccsc2)C1.O=C(O)C(c1ccc(Cl)c(Cl)c1)N1C[C@@H](CN2CCC(c3ccc(F)cc3)CC2)[C@H](c2ccsc2)C1.O=C(O)C(c1ccc(Cl)cc1Cl)N1C[C@@H](CN2CCC(c3ccc(F)cc3)CC2)[C@H](c2ccsc2)C1.O=C(O)C(c1cccc(Cl)c1Cl)N1C[C@@H](CN2CCC(c3ccc(F)cc3)CC2)[C@H](c2ccsc2)C1. The van der Waals surface area contributed by atoms with E-state index in [4.69, 9.17) is 92.8 Å². The van der Waals surface area contributed by atoms with E-state index in [1.807, 2.05) is 48.5 Å². The first-order chi connectivity index (χ1) is 69.6. The van der Waals surface area contributed by atoms with Gasteiger partial charge in [0.2, 0.25) is 0 Å². The zero-order valence-corrected chi connectivity index (χ0v) is 88.6. The van der Waals surface area contributed by atoms with Crippen LogP contribution >= 0.6 is 138 Å². The van der Waals surface area contributed by atoms with Gasteiger partial charge in [-0.2, -0.15) is 45.3 Å². The highest BCUT2D eigenvalue weighted by molar-refractivity contribution is 7.08. The van der Waals surface area contributed by atoms with Gasteiger partial charge in [0, 0.05) is 118 Å². The Morgan fingerprint density at radius 2 is 0.562 bits per heavy atom. The van der Waals surface area contributed by atoms with E-state index in [9.17, 15) is 57.2 Å². The third kappa shape index (κ3) is 26.9. The van der Waals surface area contributed by atoms with Crippen molar-refractivity contribution in [3.63, 3.8) is 0 Å². The van der Waals surface area contributed by atoms with Gasteiger partial charge in [-0.1, -0.05) is 172 Å². The number of piperidine rings is 4. The van der Waals surface area contributed by atoms with E-state index in [1.54, 1.807) is 167 Å². The van der Waals surface area contributed by atoms with E-state index in [0.717, 1.165) is 130 Å². The molecule has 0 radical (unpaired) electrons. The average Bonchev–Trinajstić information content (AvgIpc) is 1.63. The van der Waals surface area contributed by atoms with Crippen LogP contribution in [-0.4, -0.2) is 214 Å². The van der Waals surface area contributed by atoms with Crippen LogP contribution in [0.5, 0.6) is 0 Å². The topological polar surface area (TPSA) is 175 Å². The molecular formula is C112H116Cl8F4N8O8S4. The van der Waals surface area contributed by atoms with Gasteiger partial charge in [0.1, 0.15) is 47.4 Å². The number of halogens is 12. The van der Waals surface area contributed by atoms with Gasteiger partial charge in [-0.05, 0) is 371 Å². The minimum absolute atomic E-state index is 0.193. The summed E-state index contributed by atoms with van der Waals surface area (Å²) >= 11 is 56.6. The van der Waals surface area contributed by atoms with Gasteiger partial charge in [0.25, 0.3) is 0 Å². The van der Waals surface area contributed by atoms with Gasteiger partial charge in [-0.3, -0.25) is 38.8 Å². The fourth-order valence-electron chi connectivity index (χ4n) is 23.5. The van der Waals surface area contributed by atoms with Crippen LogP contribution in [0.2, 0.25) is 40.2 Å². The highest BCUT2D eigenvalue weighted by atomic mass is 35.5. The van der Waals surface area contributed by atoms with Crippen LogP contribution in [0.3, 0.4) is 0 Å². The van der Waals surface area contributed by atoms with Crippen LogP contribution in [0, 0.1) is 46.9 Å². The van der Waals surface area contributed by atoms with Crippen LogP contribution in [-0.2, 0) is 19.2 Å². The van der Waals surface area contributed by atoms with E-state index < -0.39 is 48.0 Å². The normalized spacial score (nSPS) is 22.6. The molecule has 8 saturated heterocycles. The Balaban J connectivity index is 0.000000132. The number of thiophene rings is 4. The maximum Gasteiger partial charge on any atom is 0.325 e. The Bertz CT molecular complexity index is 6040. The molecule has 12 aromatic rings. The van der Waals surface area contributed by atoms with E-state index in [2.05, 4.69) is 107 Å². The second-order valence-electron chi connectivity index (χ2n) is 39.6. The molecular weight excluding hydrogens is 2070 g/mol. The minimum atomic E-state index is -0.913. The number of hydrogen-bond acceptors (Lipinski definition) is 16. The van der Waals surface area contributed by atoms with Crippen LogP contribution in [0.1, 0.15) is 190 Å². The van der Waals surface area contributed by atoms with Crippen molar-refractivity contribution in [2.75, 3.05) is 131 Å². The molecule has 12 heterocycles. The van der Waals surface area contributed by atoms with Crippen molar-refractivity contribution in [3.05, 3.63) is 367 Å². The Kier molecular flexibility index (Phi) is 37.4. The van der Waals surface area contributed by atoms with Crippen LogP contribution in [0.15, 0.2) is 237 Å². The van der Waals surface area contributed by atoms with Gasteiger partial charge in [0.15, 0.2) is 0 Å². The molecule has 8 aliphatic rings. The Morgan fingerprint density at radius 3 is 0.819 bits per heavy atom. The summed E-state index contributed by atoms with van der Waals surface area (Å²) < 4.78 is 53.3. The summed E-state index contributed by atoms with van der Waals surface area (Å²) in [5.74, 6) is -0.170. The molecule has 144 heavy (non-hydrogen) atoms. The molecule has 0 spiro atoms. The molecule has 8 aromatic carbocycles. The molecule has 4 aromatic heterocycles. The van der Waals surface area contributed by atoms with Crippen molar-refractivity contribution in [2.24, 2.45) is 23.7 Å². The Labute approximate surface area is 895 Å². The van der Waals surface area contributed by atoms with E-state index in [1.165, 1.54) is 44.5 Å². The number of likely N-dealkylation sites (tertiary alicyclic amines) is 8. The maximum atomic E-state index is 13.3. The molecule has 20 rings (SSSR count). The molecule has 0 aliphatic carbocycles. The number of carboxylic acids is 4. The third-order valence-corrected chi connectivity index (χ3v) is 36.6. The summed E-state index contributed by atoms with van der Waals surface area (Å²) in [5, 5.41) is 61.0. The predicted molar refractivity (Wildman–Crippen MR) is 575 cm³/mol. The van der Waals surface area contributed by atoms with Crippen molar-refractivity contribution in [1.82, 2.24) is 39.2 Å². The average molecular weight is 2190 g/mol. The first kappa shape index (κ1) is 107. The summed E-state index contributed by atoms with van der Waals surface area (Å²) in [6.07, 6.45) is 8.37. The second kappa shape index (κ2) is 50.2. The fourth-order valence-corrected chi connectivity index (χ4v) is 28.0. The molecule has 4 unspecified atom stereocenters. The van der Waals surface area contributed by atoms with Crippen LogP contribution in [0.25, 0.3) is 0 Å². The van der Waals surface area contributed by atoms with Crippen LogP contribution in [0.4, 0.5) is 17.6 Å². The van der Waals surface area contributed by atoms with Crippen molar-refractivity contribution in [1.29, 1.82) is 0 Å². The van der Waals surface area contributed by atoms with Gasteiger partial charge < -0.3 is 40.0 Å². The zero-order valence-electron chi connectivity index (χ0n) is 79.3. The maximum absolute atomic E-state index is 13.3. The quantitative estimate of drug-likeness (QED) is 0.0341. The number of nitrogens with zero attached hydrogens (tertiary/aromatic N) is 8. The smallest absolute Gasteiger partial charge is 0.325 e. The number of benzene rings is 8. The molecule has 0 bridgehead atoms. The number of hydrogen-bond donors (Lipinski definition) is 4. The minimum Gasteiger partial charge on any atom is -0.480 e. The van der Waals surface area contributed by atoms with Gasteiger partial charge >= 0.3 is 23.9 Å². The lowest BCUT2D eigenvalue weighted by atomic mass is 9.87. The molecule has 12 atom stereocenters. The number of carboxylic acid groups (broad SMARTS) is 4. The van der Waals surface area contributed by atoms with Crippen molar-refractivity contribution < 1.29 is 57.2 Å². The first-order valence-corrected chi connectivity index (χ1v) is 56.0. The summed E-state index contributed by atoms with van der Waals surface area (Å²) in [7, 11) is 0. The van der Waals surface area contributed by atoms with Crippen molar-refractivity contribution in [3.8, 4) is 0 Å². The van der Waals surface area contributed by atoms with Gasteiger partial charge in [-0.25, -0.2) is 17.6 Å². The fraction of sp³-hybridized carbons (Fsp3) is 0.393. The van der Waals surface area contributed by atoms with Crippen LogP contribution < -0.4 is 0 Å². The Hall–Kier alpha value is -7.84. The summed E-state index contributed by atoms with van der Waals surface area (Å²) in [4.78, 5) is 68.1. The first-order valence-electron chi connectivity index (χ1n) is 49.2. The molecule has 4 N–H and O–H groups in total. The monoisotopic (exact) mass is 2180 g/mol. The lowest BCUT2D eigenvalue weighted by Gasteiger charge is -2.35. The van der Waals surface area contributed by atoms with Gasteiger partial charge in [0.05, 0.1) is 30.1 Å². The number of carbonyl (C=O) groups is 4. The zero-order chi connectivity index (χ0) is 101.